The van der Waals surface area contributed by atoms with Crippen LogP contribution in [-0.4, -0.2) is 30.8 Å². The minimum atomic E-state index is 0.403. The number of piperidine rings is 1. The highest BCUT2D eigenvalue weighted by molar-refractivity contribution is 5.82. The Hall–Kier alpha value is -0.370. The lowest BCUT2D eigenvalue weighted by Gasteiger charge is -2.30. The van der Waals surface area contributed by atoms with Crippen molar-refractivity contribution in [1.82, 2.24) is 4.90 Å². The van der Waals surface area contributed by atoms with Crippen molar-refractivity contribution in [3.05, 3.63) is 0 Å². The number of carbonyl (C=O) groups excluding carboxylic acids is 1. The van der Waals surface area contributed by atoms with Crippen LogP contribution in [0.3, 0.4) is 0 Å². The molecule has 2 heteroatoms. The van der Waals surface area contributed by atoms with Crippen LogP contribution in [0.4, 0.5) is 0 Å². The molecular weight excluding hydrogens is 150 g/mol. The second kappa shape index (κ2) is 2.56. The number of carbonyl (C=O) groups is 1. The summed E-state index contributed by atoms with van der Waals surface area (Å²) in [6.07, 6.45) is 3.72. The van der Waals surface area contributed by atoms with E-state index in [0.29, 0.717) is 17.1 Å². The van der Waals surface area contributed by atoms with Gasteiger partial charge in [-0.3, -0.25) is 4.79 Å². The van der Waals surface area contributed by atoms with E-state index in [9.17, 15) is 4.79 Å². The van der Waals surface area contributed by atoms with Gasteiger partial charge in [0.1, 0.15) is 5.78 Å². The molecule has 2 aliphatic rings. The van der Waals surface area contributed by atoms with Gasteiger partial charge in [-0.1, -0.05) is 0 Å². The van der Waals surface area contributed by atoms with Gasteiger partial charge >= 0.3 is 0 Å². The van der Waals surface area contributed by atoms with E-state index >= 15 is 0 Å². The summed E-state index contributed by atoms with van der Waals surface area (Å²) in [6, 6.07) is 0. The number of nitrogens with zero attached hydrogens (tertiary/aromatic N) is 1. The highest BCUT2D eigenvalue weighted by Crippen LogP contribution is 2.57. The van der Waals surface area contributed by atoms with Crippen LogP contribution in [0, 0.1) is 11.3 Å². The van der Waals surface area contributed by atoms with E-state index < -0.39 is 0 Å². The Morgan fingerprint density at radius 2 is 2.33 bits per heavy atom. The Labute approximate surface area is 73.9 Å². The first-order chi connectivity index (χ1) is 5.64. The predicted octanol–water partition coefficient (Wildman–Crippen LogP) is 1.31. The summed E-state index contributed by atoms with van der Waals surface area (Å²) in [5, 5.41) is 0. The second-order valence-corrected chi connectivity index (χ2v) is 4.57. The average Bonchev–Trinajstić information content (AvgIpc) is 2.63. The van der Waals surface area contributed by atoms with Gasteiger partial charge in [0.25, 0.3) is 0 Å². The molecule has 1 aliphatic carbocycles. The molecule has 2 rings (SSSR count). The molecule has 0 radical (unpaired) electrons. The molecule has 2 unspecified atom stereocenters. The number of rotatable bonds is 1. The highest BCUT2D eigenvalue weighted by Gasteiger charge is 2.57. The van der Waals surface area contributed by atoms with Crippen molar-refractivity contribution in [3.8, 4) is 0 Å². The summed E-state index contributed by atoms with van der Waals surface area (Å²) < 4.78 is 0. The largest absolute Gasteiger partial charge is 0.306 e. The van der Waals surface area contributed by atoms with E-state index in [4.69, 9.17) is 0 Å². The van der Waals surface area contributed by atoms with Gasteiger partial charge in [-0.05, 0) is 45.2 Å². The Bertz CT molecular complexity index is 214. The predicted molar refractivity (Wildman–Crippen MR) is 48.0 cm³/mol. The van der Waals surface area contributed by atoms with Crippen LogP contribution in [0.1, 0.15) is 26.2 Å². The Morgan fingerprint density at radius 1 is 1.58 bits per heavy atom. The van der Waals surface area contributed by atoms with Crippen LogP contribution in [0.25, 0.3) is 0 Å². The minimum absolute atomic E-state index is 0.403. The summed E-state index contributed by atoms with van der Waals surface area (Å²) in [5.74, 6) is 0.811. The lowest BCUT2D eigenvalue weighted by Crippen LogP contribution is -2.34. The van der Waals surface area contributed by atoms with Crippen molar-refractivity contribution >= 4 is 5.78 Å². The summed E-state index contributed by atoms with van der Waals surface area (Å²) in [6.45, 7) is 4.11. The van der Waals surface area contributed by atoms with E-state index in [2.05, 4.69) is 11.9 Å². The van der Waals surface area contributed by atoms with Crippen LogP contribution < -0.4 is 0 Å². The van der Waals surface area contributed by atoms with E-state index in [1.54, 1.807) is 6.92 Å². The van der Waals surface area contributed by atoms with Crippen molar-refractivity contribution in [2.45, 2.75) is 26.2 Å². The molecule has 0 aromatic carbocycles. The first-order valence-electron chi connectivity index (χ1n) is 4.83. The number of Topliss-reactive ketones (excluding diaryl/α,β-unsaturated/α-hetero) is 1. The van der Waals surface area contributed by atoms with Gasteiger partial charge in [0.05, 0.1) is 0 Å². The first kappa shape index (κ1) is 8.24. The van der Waals surface area contributed by atoms with Gasteiger partial charge in [-0.15, -0.1) is 0 Å². The molecule has 68 valence electrons. The van der Waals surface area contributed by atoms with Crippen LogP contribution >= 0.6 is 0 Å². The zero-order chi connectivity index (χ0) is 8.77. The van der Waals surface area contributed by atoms with Gasteiger partial charge in [0, 0.05) is 12.5 Å². The molecule has 1 spiro atoms. The second-order valence-electron chi connectivity index (χ2n) is 4.57. The highest BCUT2D eigenvalue weighted by atomic mass is 16.1. The van der Waals surface area contributed by atoms with E-state index in [-0.39, 0.29) is 0 Å². The average molecular weight is 167 g/mol. The molecular formula is C10H17NO. The van der Waals surface area contributed by atoms with Crippen LogP contribution in [0.2, 0.25) is 0 Å². The topological polar surface area (TPSA) is 20.3 Å². The monoisotopic (exact) mass is 167 g/mol. The standard InChI is InChI=1S/C10H17NO/c1-8(12)9-6-10(9)4-3-5-11(2)7-10/h9H,3-7H2,1-2H3. The zero-order valence-electron chi connectivity index (χ0n) is 7.97. The normalized spacial score (nSPS) is 41.7. The zero-order valence-corrected chi connectivity index (χ0v) is 7.97. The van der Waals surface area contributed by atoms with Gasteiger partial charge < -0.3 is 4.90 Å². The molecule has 1 saturated carbocycles. The number of likely N-dealkylation sites (tertiary alicyclic amines) is 1. The molecule has 2 fully saturated rings. The summed E-state index contributed by atoms with van der Waals surface area (Å²) >= 11 is 0. The van der Waals surface area contributed by atoms with Crippen molar-refractivity contribution in [3.63, 3.8) is 0 Å². The summed E-state index contributed by atoms with van der Waals surface area (Å²) in [4.78, 5) is 13.5. The Balaban J connectivity index is 2.01. The minimum Gasteiger partial charge on any atom is -0.306 e. The Morgan fingerprint density at radius 3 is 2.83 bits per heavy atom. The molecule has 1 saturated heterocycles. The Kier molecular flexibility index (Phi) is 1.76. The molecule has 12 heavy (non-hydrogen) atoms. The third kappa shape index (κ3) is 1.18. The van der Waals surface area contributed by atoms with Crippen molar-refractivity contribution in [2.75, 3.05) is 20.1 Å². The molecule has 0 aromatic heterocycles. The smallest absolute Gasteiger partial charge is 0.133 e. The SMILES string of the molecule is CC(=O)C1CC12CCCN(C)C2. The lowest BCUT2D eigenvalue weighted by atomic mass is 9.92. The summed E-state index contributed by atoms with van der Waals surface area (Å²) in [5.41, 5.74) is 0.416. The molecule has 0 N–H and O–H groups in total. The van der Waals surface area contributed by atoms with E-state index in [1.807, 2.05) is 0 Å². The molecule has 0 aromatic rings. The van der Waals surface area contributed by atoms with E-state index in [0.717, 1.165) is 13.0 Å². The maximum Gasteiger partial charge on any atom is 0.133 e. The summed E-state index contributed by atoms with van der Waals surface area (Å²) in [7, 11) is 2.16. The van der Waals surface area contributed by atoms with Gasteiger partial charge in [-0.2, -0.15) is 0 Å². The van der Waals surface area contributed by atoms with Crippen LogP contribution in [0.5, 0.6) is 0 Å². The maximum atomic E-state index is 11.2. The van der Waals surface area contributed by atoms with Crippen molar-refractivity contribution in [1.29, 1.82) is 0 Å². The van der Waals surface area contributed by atoms with Crippen molar-refractivity contribution in [2.24, 2.45) is 11.3 Å². The quantitative estimate of drug-likeness (QED) is 0.587. The van der Waals surface area contributed by atoms with Gasteiger partial charge in [0.2, 0.25) is 0 Å². The molecule has 1 heterocycles. The maximum absolute atomic E-state index is 11.2. The third-order valence-electron chi connectivity index (χ3n) is 3.48. The lowest BCUT2D eigenvalue weighted by molar-refractivity contribution is -0.119. The van der Waals surface area contributed by atoms with Gasteiger partial charge in [-0.25, -0.2) is 0 Å². The number of hydrogen-bond acceptors (Lipinski definition) is 2. The fraction of sp³-hybridized carbons (Fsp3) is 0.900. The van der Waals surface area contributed by atoms with E-state index in [1.165, 1.54) is 19.4 Å². The number of hydrogen-bond donors (Lipinski definition) is 0. The van der Waals surface area contributed by atoms with Crippen LogP contribution in [-0.2, 0) is 4.79 Å². The fourth-order valence-electron chi connectivity index (χ4n) is 2.77. The molecule has 2 nitrogen and oxygen atoms in total. The van der Waals surface area contributed by atoms with Crippen molar-refractivity contribution < 1.29 is 4.79 Å². The molecule has 1 aliphatic heterocycles. The number of ketones is 1. The molecule has 2 atom stereocenters. The molecule has 0 bridgehead atoms. The van der Waals surface area contributed by atoms with Crippen LogP contribution in [0.15, 0.2) is 0 Å². The third-order valence-corrected chi connectivity index (χ3v) is 3.48. The van der Waals surface area contributed by atoms with Gasteiger partial charge in [0.15, 0.2) is 0 Å². The first-order valence-corrected chi connectivity index (χ1v) is 4.83. The fourth-order valence-corrected chi connectivity index (χ4v) is 2.77. The molecule has 0 amide bonds.